The van der Waals surface area contributed by atoms with Crippen LogP contribution in [-0.4, -0.2) is 11.1 Å². The van der Waals surface area contributed by atoms with Crippen LogP contribution in [0.4, 0.5) is 0 Å². The van der Waals surface area contributed by atoms with Gasteiger partial charge < -0.3 is 14.6 Å². The molecule has 1 aliphatic rings. The Morgan fingerprint density at radius 3 is 2.62 bits per heavy atom. The molecule has 0 unspecified atom stereocenters. The van der Waals surface area contributed by atoms with Crippen molar-refractivity contribution in [2.75, 3.05) is 0 Å². The second-order valence-electron chi connectivity index (χ2n) is 6.59. The monoisotopic (exact) mass is 372 g/mol. The van der Waals surface area contributed by atoms with Crippen LogP contribution in [0.1, 0.15) is 34.2 Å². The largest absolute Gasteiger partial charge is 0.489 e. The van der Waals surface area contributed by atoms with Crippen molar-refractivity contribution in [2.24, 2.45) is 0 Å². The number of allylic oxidation sites excluding steroid dienone is 1. The molecule has 1 N–H and O–H groups in total. The summed E-state index contributed by atoms with van der Waals surface area (Å²) in [7, 11) is 0. The summed E-state index contributed by atoms with van der Waals surface area (Å²) in [5, 5.41) is 9.54. The van der Waals surface area contributed by atoms with E-state index in [2.05, 4.69) is 6.58 Å². The van der Waals surface area contributed by atoms with Crippen LogP contribution in [0, 0.1) is 13.8 Å². The number of aliphatic carboxylic acids is 1. The van der Waals surface area contributed by atoms with Crippen LogP contribution in [-0.2, 0) is 24.2 Å². The van der Waals surface area contributed by atoms with Crippen molar-refractivity contribution in [1.29, 1.82) is 0 Å². The summed E-state index contributed by atoms with van der Waals surface area (Å²) < 4.78 is 11.7. The standard InChI is InChI=1S/C21H21ClO4/c1-12-6-18(7-13(2)19(12)4-5-20(23)24)25-11-16-10-17(22)9-15-8-14(3)26-21(15)16/h6-7,9-10H,3-5,8,11H2,1-2H3,(H,23,24). The number of carboxylic acid groups (broad SMARTS) is 1. The lowest BCUT2D eigenvalue weighted by Crippen LogP contribution is -2.03. The van der Waals surface area contributed by atoms with Gasteiger partial charge in [-0.3, -0.25) is 4.79 Å². The summed E-state index contributed by atoms with van der Waals surface area (Å²) in [6.45, 7) is 8.16. The molecule has 0 aliphatic carbocycles. The fourth-order valence-corrected chi connectivity index (χ4v) is 3.56. The van der Waals surface area contributed by atoms with Crippen molar-refractivity contribution in [3.63, 3.8) is 0 Å². The highest BCUT2D eigenvalue weighted by atomic mass is 35.5. The molecule has 2 aromatic carbocycles. The van der Waals surface area contributed by atoms with Gasteiger partial charge in [-0.05, 0) is 61.2 Å². The highest BCUT2D eigenvalue weighted by molar-refractivity contribution is 6.30. The number of fused-ring (bicyclic) bond motifs is 1. The number of hydrogen-bond donors (Lipinski definition) is 1. The average molecular weight is 373 g/mol. The first kappa shape index (κ1) is 18.3. The summed E-state index contributed by atoms with van der Waals surface area (Å²) in [6.07, 6.45) is 1.31. The maximum Gasteiger partial charge on any atom is 0.303 e. The van der Waals surface area contributed by atoms with Gasteiger partial charge >= 0.3 is 5.97 Å². The van der Waals surface area contributed by atoms with Gasteiger partial charge in [0.15, 0.2) is 0 Å². The van der Waals surface area contributed by atoms with Crippen LogP contribution in [0.15, 0.2) is 36.6 Å². The van der Waals surface area contributed by atoms with E-state index in [0.29, 0.717) is 30.2 Å². The summed E-state index contributed by atoms with van der Waals surface area (Å²) in [5.41, 5.74) is 5.03. The highest BCUT2D eigenvalue weighted by Gasteiger charge is 2.21. The van der Waals surface area contributed by atoms with Gasteiger partial charge in [-0.25, -0.2) is 0 Å². The van der Waals surface area contributed by atoms with Gasteiger partial charge in [-0.15, -0.1) is 0 Å². The van der Waals surface area contributed by atoms with Crippen molar-refractivity contribution >= 4 is 17.6 Å². The molecule has 3 rings (SSSR count). The van der Waals surface area contributed by atoms with E-state index in [9.17, 15) is 4.79 Å². The first-order valence-electron chi connectivity index (χ1n) is 8.45. The summed E-state index contributed by atoms with van der Waals surface area (Å²) in [6, 6.07) is 7.62. The van der Waals surface area contributed by atoms with Crippen LogP contribution in [0.5, 0.6) is 11.5 Å². The van der Waals surface area contributed by atoms with E-state index in [1.54, 1.807) is 0 Å². The van der Waals surface area contributed by atoms with Gasteiger partial charge in [0.05, 0.1) is 0 Å². The first-order valence-corrected chi connectivity index (χ1v) is 8.83. The van der Waals surface area contributed by atoms with Crippen molar-refractivity contribution in [2.45, 2.75) is 39.7 Å². The van der Waals surface area contributed by atoms with E-state index in [0.717, 1.165) is 39.3 Å². The number of carbonyl (C=O) groups is 1. The Balaban J connectivity index is 1.77. The molecule has 1 heterocycles. The fraction of sp³-hybridized carbons (Fsp3) is 0.286. The van der Waals surface area contributed by atoms with Crippen molar-refractivity contribution in [3.8, 4) is 11.5 Å². The number of halogens is 1. The van der Waals surface area contributed by atoms with E-state index in [4.69, 9.17) is 26.2 Å². The van der Waals surface area contributed by atoms with Crippen molar-refractivity contribution < 1.29 is 19.4 Å². The SMILES string of the molecule is C=C1Cc2cc(Cl)cc(COc3cc(C)c(CCC(=O)O)c(C)c3)c2O1. The average Bonchev–Trinajstić information content (AvgIpc) is 2.91. The van der Waals surface area contributed by atoms with Gasteiger partial charge in [0.1, 0.15) is 23.9 Å². The van der Waals surface area contributed by atoms with Crippen LogP contribution in [0.2, 0.25) is 5.02 Å². The van der Waals surface area contributed by atoms with Crippen LogP contribution in [0.3, 0.4) is 0 Å². The zero-order valence-electron chi connectivity index (χ0n) is 14.9. The molecule has 5 heteroatoms. The number of carboxylic acids is 1. The molecule has 0 saturated carbocycles. The Kier molecular flexibility index (Phi) is 5.23. The first-order chi connectivity index (χ1) is 12.3. The lowest BCUT2D eigenvalue weighted by molar-refractivity contribution is -0.136. The van der Waals surface area contributed by atoms with Gasteiger partial charge in [-0.1, -0.05) is 18.2 Å². The Hall–Kier alpha value is -2.46. The van der Waals surface area contributed by atoms with Crippen LogP contribution in [0.25, 0.3) is 0 Å². The Morgan fingerprint density at radius 2 is 1.96 bits per heavy atom. The molecule has 0 atom stereocenters. The van der Waals surface area contributed by atoms with E-state index < -0.39 is 5.97 Å². The Morgan fingerprint density at radius 1 is 1.27 bits per heavy atom. The predicted molar refractivity (Wildman–Crippen MR) is 101 cm³/mol. The zero-order chi connectivity index (χ0) is 18.8. The third kappa shape index (κ3) is 4.02. The van der Waals surface area contributed by atoms with Crippen molar-refractivity contribution in [1.82, 2.24) is 0 Å². The number of ether oxygens (including phenoxy) is 2. The zero-order valence-corrected chi connectivity index (χ0v) is 15.7. The van der Waals surface area contributed by atoms with Gasteiger partial charge in [0.25, 0.3) is 0 Å². The number of rotatable bonds is 6. The predicted octanol–water partition coefficient (Wildman–Crippen LogP) is 5.00. The van der Waals surface area contributed by atoms with Crippen molar-refractivity contribution in [3.05, 3.63) is 69.4 Å². The number of aryl methyl sites for hydroxylation is 2. The second kappa shape index (κ2) is 7.42. The molecule has 1 aliphatic heterocycles. The minimum absolute atomic E-state index is 0.123. The molecule has 4 nitrogen and oxygen atoms in total. The molecule has 0 fully saturated rings. The second-order valence-corrected chi connectivity index (χ2v) is 7.03. The van der Waals surface area contributed by atoms with Gasteiger partial charge in [0.2, 0.25) is 0 Å². The summed E-state index contributed by atoms with van der Waals surface area (Å²) in [5.74, 6) is 1.44. The minimum Gasteiger partial charge on any atom is -0.489 e. The molecular weight excluding hydrogens is 352 g/mol. The molecule has 0 saturated heterocycles. The molecule has 0 bridgehead atoms. The van der Waals surface area contributed by atoms with E-state index >= 15 is 0 Å². The summed E-state index contributed by atoms with van der Waals surface area (Å²) >= 11 is 6.20. The molecule has 2 aromatic rings. The molecule has 0 spiro atoms. The van der Waals surface area contributed by atoms with Crippen LogP contribution < -0.4 is 9.47 Å². The molecule has 26 heavy (non-hydrogen) atoms. The number of hydrogen-bond acceptors (Lipinski definition) is 3. The third-order valence-electron chi connectivity index (χ3n) is 4.49. The van der Waals surface area contributed by atoms with E-state index in [1.165, 1.54) is 0 Å². The lowest BCUT2D eigenvalue weighted by atomic mass is 9.98. The third-order valence-corrected chi connectivity index (χ3v) is 4.71. The van der Waals surface area contributed by atoms with Crippen LogP contribution >= 0.6 is 11.6 Å². The maximum absolute atomic E-state index is 10.8. The topological polar surface area (TPSA) is 55.8 Å². The maximum atomic E-state index is 10.8. The number of benzene rings is 2. The highest BCUT2D eigenvalue weighted by Crippen LogP contribution is 2.37. The molecule has 0 amide bonds. The molecular formula is C21H21ClO4. The molecule has 136 valence electrons. The lowest BCUT2D eigenvalue weighted by Gasteiger charge is -2.14. The quantitative estimate of drug-likeness (QED) is 0.775. The summed E-state index contributed by atoms with van der Waals surface area (Å²) in [4.78, 5) is 10.8. The van der Waals surface area contributed by atoms with E-state index in [-0.39, 0.29) is 6.42 Å². The molecule has 0 aromatic heterocycles. The van der Waals surface area contributed by atoms with Gasteiger partial charge in [-0.2, -0.15) is 0 Å². The van der Waals surface area contributed by atoms with Gasteiger partial charge in [0, 0.05) is 29.0 Å². The molecule has 0 radical (unpaired) electrons. The normalized spacial score (nSPS) is 12.7. The minimum atomic E-state index is -0.791. The smallest absolute Gasteiger partial charge is 0.303 e. The van der Waals surface area contributed by atoms with E-state index in [1.807, 2.05) is 38.1 Å². The Labute approximate surface area is 158 Å². The Bertz CT molecular complexity index is 863. The fourth-order valence-electron chi connectivity index (χ4n) is 3.30.